The fourth-order valence-corrected chi connectivity index (χ4v) is 11.1. The number of aryl methyl sites for hydroxylation is 2. The molecule has 322 valence electrons. The topological polar surface area (TPSA) is 35.6 Å². The number of rotatable bonds is 7. The van der Waals surface area contributed by atoms with Crippen molar-refractivity contribution in [3.05, 3.63) is 205 Å². The lowest BCUT2D eigenvalue weighted by molar-refractivity contribution is 0.608. The minimum atomic E-state index is 0.725. The van der Waals surface area contributed by atoms with Crippen LogP contribution in [0.2, 0.25) is 0 Å². The third-order valence-corrected chi connectivity index (χ3v) is 14.3. The van der Waals surface area contributed by atoms with Crippen molar-refractivity contribution < 1.29 is 0 Å². The van der Waals surface area contributed by atoms with Crippen molar-refractivity contribution in [1.82, 2.24) is 19.1 Å². The maximum Gasteiger partial charge on any atom is 0.160 e. The molecule has 0 unspecified atom stereocenters. The molecule has 0 amide bonds. The van der Waals surface area contributed by atoms with Gasteiger partial charge in [-0.3, -0.25) is 0 Å². The van der Waals surface area contributed by atoms with Gasteiger partial charge in [0.1, 0.15) is 0 Å². The fourth-order valence-electron chi connectivity index (χ4n) is 11.1. The predicted octanol–water partition coefficient (Wildman–Crippen LogP) is 16.0. The second-order valence-electron chi connectivity index (χ2n) is 18.5. The van der Waals surface area contributed by atoms with E-state index in [1.165, 1.54) is 129 Å². The molecule has 12 rings (SSSR count). The van der Waals surface area contributed by atoms with Gasteiger partial charge in [0.25, 0.3) is 0 Å². The number of benzene rings is 7. The van der Waals surface area contributed by atoms with Crippen LogP contribution < -0.4 is 0 Å². The zero-order chi connectivity index (χ0) is 43.8. The minimum absolute atomic E-state index is 0.725. The SMILES string of the molecule is c1ccc(-c2cc(-c3cc(-c4ccc5c(c4)c4c(n5-c5ccccc5)CCCCCC4)cc(-c4ccc5c(c4)c4c(n5-c5ccccc5)CCCCCC4)c3)nc(-c3ccccc3)n2)cc1. The summed E-state index contributed by atoms with van der Waals surface area (Å²) in [5.74, 6) is 0.725. The van der Waals surface area contributed by atoms with E-state index in [2.05, 4.69) is 191 Å². The summed E-state index contributed by atoms with van der Waals surface area (Å²) >= 11 is 0. The van der Waals surface area contributed by atoms with Crippen LogP contribution in [0.3, 0.4) is 0 Å². The molecule has 0 spiro atoms. The molecule has 4 nitrogen and oxygen atoms in total. The average Bonchev–Trinajstić information content (AvgIpc) is 3.83. The highest BCUT2D eigenvalue weighted by atomic mass is 15.0. The zero-order valence-corrected chi connectivity index (χ0v) is 37.6. The Hall–Kier alpha value is -7.30. The van der Waals surface area contributed by atoms with Crippen LogP contribution in [0.25, 0.3) is 89.3 Å². The van der Waals surface area contributed by atoms with Gasteiger partial charge >= 0.3 is 0 Å². The summed E-state index contributed by atoms with van der Waals surface area (Å²) in [4.78, 5) is 10.6. The Balaban J connectivity index is 1.08. The van der Waals surface area contributed by atoms with Crippen LogP contribution in [-0.2, 0) is 25.7 Å². The Labute approximate surface area is 388 Å². The van der Waals surface area contributed by atoms with Gasteiger partial charge in [-0.1, -0.05) is 135 Å². The summed E-state index contributed by atoms with van der Waals surface area (Å²) in [6.07, 6.45) is 14.5. The monoisotopic (exact) mass is 854 g/mol. The van der Waals surface area contributed by atoms with E-state index < -0.39 is 0 Å². The van der Waals surface area contributed by atoms with Gasteiger partial charge in [0.15, 0.2) is 5.82 Å². The number of fused-ring (bicyclic) bond motifs is 6. The van der Waals surface area contributed by atoms with Gasteiger partial charge in [0.2, 0.25) is 0 Å². The molecule has 0 N–H and O–H groups in total. The molecule has 66 heavy (non-hydrogen) atoms. The predicted molar refractivity (Wildman–Crippen MR) is 275 cm³/mol. The van der Waals surface area contributed by atoms with Gasteiger partial charge in [0.05, 0.1) is 22.4 Å². The second kappa shape index (κ2) is 17.6. The first-order valence-electron chi connectivity index (χ1n) is 24.3. The van der Waals surface area contributed by atoms with Gasteiger partial charge < -0.3 is 9.13 Å². The van der Waals surface area contributed by atoms with Crippen LogP contribution in [-0.4, -0.2) is 19.1 Å². The summed E-state index contributed by atoms with van der Waals surface area (Å²) < 4.78 is 5.11. The third kappa shape index (κ3) is 7.54. The van der Waals surface area contributed by atoms with Crippen molar-refractivity contribution in [1.29, 1.82) is 0 Å². The van der Waals surface area contributed by atoms with Crippen molar-refractivity contribution in [2.45, 2.75) is 77.0 Å². The maximum atomic E-state index is 5.38. The Kier molecular flexibility index (Phi) is 10.7. The molecule has 10 aromatic rings. The fraction of sp³-hybridized carbons (Fsp3) is 0.194. The van der Waals surface area contributed by atoms with Crippen molar-refractivity contribution in [3.8, 4) is 67.5 Å². The molecule has 0 radical (unpaired) electrons. The lowest BCUT2D eigenvalue weighted by Gasteiger charge is -2.15. The van der Waals surface area contributed by atoms with Crippen LogP contribution >= 0.6 is 0 Å². The maximum absolute atomic E-state index is 5.38. The van der Waals surface area contributed by atoms with E-state index in [0.717, 1.165) is 59.6 Å². The molecule has 2 aliphatic rings. The Bertz CT molecular complexity index is 3130. The summed E-state index contributed by atoms with van der Waals surface area (Å²) in [7, 11) is 0. The molecule has 0 saturated carbocycles. The highest BCUT2D eigenvalue weighted by Crippen LogP contribution is 2.41. The number of hydrogen-bond donors (Lipinski definition) is 0. The van der Waals surface area contributed by atoms with Crippen LogP contribution in [0.1, 0.15) is 73.9 Å². The van der Waals surface area contributed by atoms with E-state index in [1.54, 1.807) is 0 Å². The van der Waals surface area contributed by atoms with Crippen molar-refractivity contribution in [3.63, 3.8) is 0 Å². The van der Waals surface area contributed by atoms with E-state index in [4.69, 9.17) is 9.97 Å². The van der Waals surface area contributed by atoms with Crippen LogP contribution in [0, 0.1) is 0 Å². The van der Waals surface area contributed by atoms with Crippen LogP contribution in [0.15, 0.2) is 182 Å². The van der Waals surface area contributed by atoms with E-state index in [0.29, 0.717) is 0 Å². The molecule has 0 atom stereocenters. The molecule has 3 heterocycles. The molecule has 0 aliphatic heterocycles. The molecule has 2 aliphatic carbocycles. The zero-order valence-electron chi connectivity index (χ0n) is 37.6. The number of para-hydroxylation sites is 2. The quantitative estimate of drug-likeness (QED) is 0.160. The molecule has 4 heteroatoms. The highest BCUT2D eigenvalue weighted by molar-refractivity contribution is 5.95. The van der Waals surface area contributed by atoms with Gasteiger partial charge in [-0.2, -0.15) is 0 Å². The molecule has 0 bridgehead atoms. The van der Waals surface area contributed by atoms with Gasteiger partial charge in [-0.25, -0.2) is 9.97 Å². The van der Waals surface area contributed by atoms with E-state index in [9.17, 15) is 0 Å². The van der Waals surface area contributed by atoms with Crippen molar-refractivity contribution >= 4 is 21.8 Å². The number of hydrogen-bond acceptors (Lipinski definition) is 2. The van der Waals surface area contributed by atoms with E-state index >= 15 is 0 Å². The summed E-state index contributed by atoms with van der Waals surface area (Å²) in [6.45, 7) is 0. The molecule has 0 fully saturated rings. The van der Waals surface area contributed by atoms with Crippen molar-refractivity contribution in [2.75, 3.05) is 0 Å². The molecular formula is C62H54N4. The largest absolute Gasteiger partial charge is 0.313 e. The first-order valence-corrected chi connectivity index (χ1v) is 24.3. The number of aromatic nitrogens is 4. The summed E-state index contributed by atoms with van der Waals surface area (Å²) in [5, 5.41) is 2.75. The molecular weight excluding hydrogens is 801 g/mol. The third-order valence-electron chi connectivity index (χ3n) is 14.3. The molecule has 7 aromatic carbocycles. The second-order valence-corrected chi connectivity index (χ2v) is 18.5. The Morgan fingerprint density at radius 2 is 0.712 bits per heavy atom. The van der Waals surface area contributed by atoms with Crippen molar-refractivity contribution in [2.24, 2.45) is 0 Å². The Morgan fingerprint density at radius 1 is 0.303 bits per heavy atom. The van der Waals surface area contributed by atoms with E-state index in [1.807, 2.05) is 0 Å². The lowest BCUT2D eigenvalue weighted by Crippen LogP contribution is -2.04. The average molecular weight is 855 g/mol. The van der Waals surface area contributed by atoms with Gasteiger partial charge in [0, 0.05) is 50.2 Å². The summed E-state index contributed by atoms with van der Waals surface area (Å²) in [6, 6.07) is 66.8. The van der Waals surface area contributed by atoms with Gasteiger partial charge in [-0.15, -0.1) is 0 Å². The first kappa shape index (κ1) is 40.2. The Morgan fingerprint density at radius 3 is 1.20 bits per heavy atom. The van der Waals surface area contributed by atoms with Crippen LogP contribution in [0.5, 0.6) is 0 Å². The lowest BCUT2D eigenvalue weighted by atomic mass is 9.91. The summed E-state index contributed by atoms with van der Waals surface area (Å²) in [5.41, 5.74) is 20.9. The van der Waals surface area contributed by atoms with Gasteiger partial charge in [-0.05, 0) is 158 Å². The van der Waals surface area contributed by atoms with Crippen LogP contribution in [0.4, 0.5) is 0 Å². The highest BCUT2D eigenvalue weighted by Gasteiger charge is 2.23. The minimum Gasteiger partial charge on any atom is -0.313 e. The molecule has 3 aromatic heterocycles. The standard InChI is InChI=1S/C62H54N4/c1-3-19-31-58-52(29-17-1)54-40-45(33-35-60(54)65(58)50-25-13-7-14-26-50)47-37-48(39-49(38-47)57-42-56(43-21-9-5-10-22-43)63-62(64-57)44-23-11-6-12-24-44)46-34-36-61-55(41-46)53-30-18-2-4-20-32-59(53)66(61)51-27-15-8-16-28-51/h5-16,21-28,33-42H,1-4,17-20,29-32H2. The molecule has 0 saturated heterocycles. The first-order chi connectivity index (χ1) is 32.7. The number of nitrogens with zero attached hydrogens (tertiary/aromatic N) is 4. The normalized spacial score (nSPS) is 14.2. The smallest absolute Gasteiger partial charge is 0.160 e. The van der Waals surface area contributed by atoms with E-state index in [-0.39, 0.29) is 0 Å².